The van der Waals surface area contributed by atoms with Crippen LogP contribution in [0, 0.1) is 0 Å². The molecule has 0 aliphatic rings. The zero-order valence-electron chi connectivity index (χ0n) is 14.9. The van der Waals surface area contributed by atoms with Gasteiger partial charge in [0.1, 0.15) is 6.33 Å². The molecular weight excluding hydrogens is 382 g/mol. The van der Waals surface area contributed by atoms with E-state index in [1.165, 1.54) is 11.8 Å². The Balaban J connectivity index is 1.57. The summed E-state index contributed by atoms with van der Waals surface area (Å²) < 4.78 is 1.75. The number of hydrogen-bond donors (Lipinski definition) is 2. The van der Waals surface area contributed by atoms with Crippen LogP contribution in [0.3, 0.4) is 0 Å². The predicted octanol–water partition coefficient (Wildman–Crippen LogP) is 3.10. The van der Waals surface area contributed by atoms with Crippen molar-refractivity contribution in [2.75, 3.05) is 11.1 Å². The molecule has 0 aliphatic carbocycles. The molecule has 0 aliphatic heterocycles. The van der Waals surface area contributed by atoms with Gasteiger partial charge in [-0.1, -0.05) is 23.9 Å². The van der Waals surface area contributed by atoms with Gasteiger partial charge in [-0.3, -0.25) is 9.59 Å². The first-order valence-electron chi connectivity index (χ1n) is 8.24. The largest absolute Gasteiger partial charge is 0.345 e. The minimum Gasteiger partial charge on any atom is -0.345 e. The van der Waals surface area contributed by atoms with E-state index in [4.69, 9.17) is 0 Å². The van der Waals surface area contributed by atoms with Crippen LogP contribution in [0.4, 0.5) is 5.69 Å². The molecule has 1 unspecified atom stereocenters. The number of aromatic nitrogens is 3. The third kappa shape index (κ3) is 5.18. The number of aryl methyl sites for hydroxylation is 1. The summed E-state index contributed by atoms with van der Waals surface area (Å²) in [5.74, 6) is -0.147. The molecule has 1 atom stereocenters. The van der Waals surface area contributed by atoms with Crippen LogP contribution in [-0.4, -0.2) is 32.3 Å². The summed E-state index contributed by atoms with van der Waals surface area (Å²) in [5.41, 5.74) is 1.08. The number of amides is 2. The monoisotopic (exact) mass is 401 g/mol. The average Bonchev–Trinajstić information content (AvgIpc) is 3.32. The molecule has 7 nitrogen and oxygen atoms in total. The fraction of sp³-hybridized carbons (Fsp3) is 0.222. The van der Waals surface area contributed by atoms with Crippen LogP contribution in [-0.2, 0) is 11.8 Å². The van der Waals surface area contributed by atoms with Crippen LogP contribution in [0.5, 0.6) is 0 Å². The zero-order valence-corrected chi connectivity index (χ0v) is 16.5. The fourth-order valence-corrected chi connectivity index (χ4v) is 3.78. The molecule has 2 aromatic heterocycles. The lowest BCUT2D eigenvalue weighted by Crippen LogP contribution is -2.26. The summed E-state index contributed by atoms with van der Waals surface area (Å²) in [6.07, 6.45) is 1.58. The first kappa shape index (κ1) is 19.1. The number of carbonyl (C=O) groups is 2. The molecule has 3 aromatic rings. The summed E-state index contributed by atoms with van der Waals surface area (Å²) in [6, 6.07) is 10.8. The Kier molecular flexibility index (Phi) is 6.25. The minimum atomic E-state index is -0.180. The Morgan fingerprint density at radius 2 is 2.15 bits per heavy atom. The molecule has 2 N–H and O–H groups in total. The Morgan fingerprint density at radius 1 is 1.30 bits per heavy atom. The number of thiophene rings is 1. The van der Waals surface area contributed by atoms with Gasteiger partial charge in [0, 0.05) is 23.2 Å². The lowest BCUT2D eigenvalue weighted by atomic mass is 10.1. The maximum atomic E-state index is 12.5. The first-order valence-corrected chi connectivity index (χ1v) is 10.1. The van der Waals surface area contributed by atoms with Crippen molar-refractivity contribution >= 4 is 40.6 Å². The van der Waals surface area contributed by atoms with Gasteiger partial charge in [-0.05, 0) is 36.6 Å². The third-order valence-electron chi connectivity index (χ3n) is 3.73. The van der Waals surface area contributed by atoms with Gasteiger partial charge < -0.3 is 15.2 Å². The van der Waals surface area contributed by atoms with E-state index in [9.17, 15) is 9.59 Å². The van der Waals surface area contributed by atoms with Gasteiger partial charge in [-0.2, -0.15) is 0 Å². The number of nitrogens with one attached hydrogen (secondary N) is 2. The smallest absolute Gasteiger partial charge is 0.251 e. The topological polar surface area (TPSA) is 88.9 Å². The molecule has 0 fully saturated rings. The molecule has 1 aromatic carbocycles. The van der Waals surface area contributed by atoms with E-state index in [1.54, 1.807) is 46.5 Å². The Labute approximate surface area is 165 Å². The molecule has 3 rings (SSSR count). The van der Waals surface area contributed by atoms with Crippen LogP contribution >= 0.6 is 23.1 Å². The van der Waals surface area contributed by atoms with E-state index in [-0.39, 0.29) is 23.6 Å². The molecule has 0 saturated heterocycles. The molecule has 9 heteroatoms. The highest BCUT2D eigenvalue weighted by molar-refractivity contribution is 7.99. The number of hydrogen-bond acceptors (Lipinski definition) is 6. The average molecular weight is 402 g/mol. The molecule has 27 heavy (non-hydrogen) atoms. The lowest BCUT2D eigenvalue weighted by molar-refractivity contribution is -0.113. The minimum absolute atomic E-state index is 0.0708. The highest BCUT2D eigenvalue weighted by Crippen LogP contribution is 2.19. The van der Waals surface area contributed by atoms with E-state index in [1.807, 2.05) is 31.5 Å². The number of carbonyl (C=O) groups excluding carboxylic acids is 2. The van der Waals surface area contributed by atoms with Crippen LogP contribution < -0.4 is 10.6 Å². The van der Waals surface area contributed by atoms with Gasteiger partial charge in [-0.15, -0.1) is 21.5 Å². The quantitative estimate of drug-likeness (QED) is 0.594. The first-order chi connectivity index (χ1) is 13.0. The molecule has 2 amide bonds. The number of anilines is 1. The summed E-state index contributed by atoms with van der Waals surface area (Å²) in [6.45, 7) is 1.94. The van der Waals surface area contributed by atoms with E-state index >= 15 is 0 Å². The third-order valence-corrected chi connectivity index (χ3v) is 5.82. The molecule has 0 saturated carbocycles. The molecule has 0 spiro atoms. The number of benzene rings is 1. The second kappa shape index (κ2) is 8.83. The zero-order chi connectivity index (χ0) is 19.2. The fourth-order valence-electron chi connectivity index (χ4n) is 2.36. The van der Waals surface area contributed by atoms with Gasteiger partial charge >= 0.3 is 0 Å². The highest BCUT2D eigenvalue weighted by atomic mass is 32.2. The van der Waals surface area contributed by atoms with Gasteiger partial charge in [0.15, 0.2) is 5.16 Å². The van der Waals surface area contributed by atoms with Crippen molar-refractivity contribution in [1.82, 2.24) is 20.1 Å². The number of thioether (sulfide) groups is 1. The SMILES string of the molecule is CC(NC(=O)c1cccc(NC(=O)CSc2nncn2C)c1)c1cccs1. The van der Waals surface area contributed by atoms with Crippen molar-refractivity contribution < 1.29 is 9.59 Å². The van der Waals surface area contributed by atoms with Gasteiger partial charge in [0.05, 0.1) is 11.8 Å². The number of nitrogens with zero attached hydrogens (tertiary/aromatic N) is 3. The van der Waals surface area contributed by atoms with E-state index in [0.717, 1.165) is 4.88 Å². The van der Waals surface area contributed by atoms with Crippen molar-refractivity contribution in [2.24, 2.45) is 7.05 Å². The van der Waals surface area contributed by atoms with Crippen LogP contribution in [0.2, 0.25) is 0 Å². The van der Waals surface area contributed by atoms with Crippen LogP contribution in [0.15, 0.2) is 53.3 Å². The molecular formula is C18H19N5O2S2. The Bertz CT molecular complexity index is 923. The standard InChI is InChI=1S/C18H19N5O2S2/c1-12(15-7-4-8-26-15)20-17(25)13-5-3-6-14(9-13)21-16(24)10-27-18-22-19-11-23(18)2/h3-9,11-12H,10H2,1-2H3,(H,20,25)(H,21,24). The Hall–Kier alpha value is -2.65. The van der Waals surface area contributed by atoms with E-state index in [0.29, 0.717) is 16.4 Å². The lowest BCUT2D eigenvalue weighted by Gasteiger charge is -2.13. The van der Waals surface area contributed by atoms with E-state index in [2.05, 4.69) is 20.8 Å². The normalized spacial score (nSPS) is 11.8. The summed E-state index contributed by atoms with van der Waals surface area (Å²) in [5, 5.41) is 16.1. The number of rotatable bonds is 7. The summed E-state index contributed by atoms with van der Waals surface area (Å²) in [7, 11) is 1.82. The van der Waals surface area contributed by atoms with Gasteiger partial charge in [-0.25, -0.2) is 0 Å². The highest BCUT2D eigenvalue weighted by Gasteiger charge is 2.13. The summed E-state index contributed by atoms with van der Waals surface area (Å²) >= 11 is 2.90. The Morgan fingerprint density at radius 3 is 2.85 bits per heavy atom. The van der Waals surface area contributed by atoms with Crippen molar-refractivity contribution in [1.29, 1.82) is 0 Å². The summed E-state index contributed by atoms with van der Waals surface area (Å²) in [4.78, 5) is 25.7. The molecule has 140 valence electrons. The van der Waals surface area contributed by atoms with Crippen molar-refractivity contribution in [3.8, 4) is 0 Å². The molecule has 0 bridgehead atoms. The predicted molar refractivity (Wildman–Crippen MR) is 107 cm³/mol. The maximum Gasteiger partial charge on any atom is 0.251 e. The molecule has 2 heterocycles. The van der Waals surface area contributed by atoms with Crippen LogP contribution in [0.25, 0.3) is 0 Å². The van der Waals surface area contributed by atoms with Gasteiger partial charge in [0.2, 0.25) is 5.91 Å². The van der Waals surface area contributed by atoms with E-state index < -0.39 is 0 Å². The maximum absolute atomic E-state index is 12.5. The van der Waals surface area contributed by atoms with Gasteiger partial charge in [0.25, 0.3) is 5.91 Å². The van der Waals surface area contributed by atoms with Crippen molar-refractivity contribution in [2.45, 2.75) is 18.1 Å². The second-order valence-electron chi connectivity index (χ2n) is 5.85. The van der Waals surface area contributed by atoms with Crippen molar-refractivity contribution in [3.63, 3.8) is 0 Å². The van der Waals surface area contributed by atoms with Crippen LogP contribution in [0.1, 0.15) is 28.2 Å². The molecule has 0 radical (unpaired) electrons. The van der Waals surface area contributed by atoms with Crippen molar-refractivity contribution in [3.05, 3.63) is 58.5 Å². The second-order valence-corrected chi connectivity index (χ2v) is 7.77.